The molecule has 4 rings (SSSR count). The number of hydrogen-bond acceptors (Lipinski definition) is 4. The fourth-order valence-corrected chi connectivity index (χ4v) is 3.64. The van der Waals surface area contributed by atoms with Crippen molar-refractivity contribution < 1.29 is 18.7 Å². The number of nitrogens with one attached hydrogen (secondary N) is 1. The fraction of sp³-hybridized carbons (Fsp3) is 0.471. The van der Waals surface area contributed by atoms with Crippen LogP contribution in [-0.4, -0.2) is 30.9 Å². The lowest BCUT2D eigenvalue weighted by atomic mass is 9.89. The number of rotatable bonds is 2. The maximum Gasteiger partial charge on any atom is 0.287 e. The number of benzene rings is 1. The number of ether oxygens (including phenoxy) is 2. The molecule has 122 valence electrons. The highest BCUT2D eigenvalue weighted by Gasteiger charge is 2.41. The average molecular weight is 336 g/mol. The highest BCUT2D eigenvalue weighted by Crippen LogP contribution is 2.36. The van der Waals surface area contributed by atoms with E-state index >= 15 is 0 Å². The summed E-state index contributed by atoms with van der Waals surface area (Å²) in [7, 11) is 0. The molecular weight excluding hydrogens is 318 g/mol. The molecule has 1 saturated heterocycles. The van der Waals surface area contributed by atoms with Crippen molar-refractivity contribution in [2.75, 3.05) is 13.2 Å². The number of hydrogen-bond donors (Lipinski definition) is 1. The lowest BCUT2D eigenvalue weighted by Gasteiger charge is -2.36. The number of amides is 1. The smallest absolute Gasteiger partial charge is 0.287 e. The number of halogens is 1. The zero-order chi connectivity index (χ0) is 15.9. The molecule has 1 spiro atoms. The van der Waals surface area contributed by atoms with Gasteiger partial charge in [-0.25, -0.2) is 0 Å². The van der Waals surface area contributed by atoms with Crippen LogP contribution in [0.5, 0.6) is 0 Å². The molecule has 1 aromatic heterocycles. The van der Waals surface area contributed by atoms with E-state index in [2.05, 4.69) is 5.32 Å². The van der Waals surface area contributed by atoms with Gasteiger partial charge >= 0.3 is 0 Å². The predicted octanol–water partition coefficient (Wildman–Crippen LogP) is 3.50. The quantitative estimate of drug-likeness (QED) is 0.912. The molecule has 2 fully saturated rings. The van der Waals surface area contributed by atoms with Gasteiger partial charge in [-0.3, -0.25) is 4.79 Å². The summed E-state index contributed by atoms with van der Waals surface area (Å²) in [4.78, 5) is 12.5. The van der Waals surface area contributed by atoms with Crippen molar-refractivity contribution in [3.05, 3.63) is 35.0 Å². The largest absolute Gasteiger partial charge is 0.451 e. The van der Waals surface area contributed by atoms with E-state index in [0.29, 0.717) is 36.0 Å². The second-order valence-corrected chi connectivity index (χ2v) is 6.60. The molecule has 5 nitrogen and oxygen atoms in total. The molecule has 2 aliphatic rings. The summed E-state index contributed by atoms with van der Waals surface area (Å²) in [5.74, 6) is -0.412. The van der Waals surface area contributed by atoms with E-state index in [1.54, 1.807) is 24.3 Å². The Morgan fingerprint density at radius 1 is 1.26 bits per heavy atom. The summed E-state index contributed by atoms with van der Waals surface area (Å²) in [6.45, 7) is 1.26. The molecule has 1 unspecified atom stereocenters. The third-order valence-electron chi connectivity index (χ3n) is 4.52. The van der Waals surface area contributed by atoms with Crippen LogP contribution < -0.4 is 5.32 Å². The van der Waals surface area contributed by atoms with Crippen molar-refractivity contribution in [2.45, 2.75) is 37.5 Å². The second kappa shape index (κ2) is 5.82. The SMILES string of the molecule is O=C(NC1CCCC2(C1)OCCO2)c1cc2cc(Cl)ccc2o1. The molecule has 23 heavy (non-hydrogen) atoms. The number of carbonyl (C=O) groups is 1. The summed E-state index contributed by atoms with van der Waals surface area (Å²) >= 11 is 5.96. The van der Waals surface area contributed by atoms with Gasteiger partial charge in [-0.05, 0) is 37.1 Å². The van der Waals surface area contributed by atoms with Crippen molar-refractivity contribution in [1.82, 2.24) is 5.32 Å². The molecule has 1 aliphatic carbocycles. The zero-order valence-corrected chi connectivity index (χ0v) is 13.4. The Morgan fingerprint density at radius 2 is 2.09 bits per heavy atom. The number of furan rings is 1. The molecule has 2 heterocycles. The van der Waals surface area contributed by atoms with Crippen LogP contribution in [0.4, 0.5) is 0 Å². The molecule has 0 radical (unpaired) electrons. The Kier molecular flexibility index (Phi) is 3.79. The van der Waals surface area contributed by atoms with Crippen LogP contribution in [0.25, 0.3) is 11.0 Å². The Labute approximate surface area is 138 Å². The summed E-state index contributed by atoms with van der Waals surface area (Å²) in [5, 5.41) is 4.48. The molecule has 1 aromatic carbocycles. The van der Waals surface area contributed by atoms with E-state index in [1.165, 1.54) is 0 Å². The Hall–Kier alpha value is -1.56. The van der Waals surface area contributed by atoms with Crippen molar-refractivity contribution in [2.24, 2.45) is 0 Å². The third-order valence-corrected chi connectivity index (χ3v) is 4.75. The molecule has 1 aliphatic heterocycles. The van der Waals surface area contributed by atoms with Gasteiger partial charge in [0.15, 0.2) is 11.5 Å². The molecular formula is C17H18ClNO4. The maximum atomic E-state index is 12.5. The Balaban J connectivity index is 1.48. The molecule has 0 bridgehead atoms. The van der Waals surface area contributed by atoms with E-state index < -0.39 is 5.79 Å². The van der Waals surface area contributed by atoms with Crippen molar-refractivity contribution in [3.8, 4) is 0 Å². The number of fused-ring (bicyclic) bond motifs is 1. The summed E-state index contributed by atoms with van der Waals surface area (Å²) in [5.41, 5.74) is 0.655. The van der Waals surface area contributed by atoms with Crippen molar-refractivity contribution in [3.63, 3.8) is 0 Å². The topological polar surface area (TPSA) is 60.7 Å². The van der Waals surface area contributed by atoms with Crippen LogP contribution in [0.3, 0.4) is 0 Å². The predicted molar refractivity (Wildman–Crippen MR) is 85.6 cm³/mol. The summed E-state index contributed by atoms with van der Waals surface area (Å²) in [6.07, 6.45) is 3.47. The van der Waals surface area contributed by atoms with Gasteiger partial charge in [0.2, 0.25) is 0 Å². The van der Waals surface area contributed by atoms with Crippen LogP contribution in [0, 0.1) is 0 Å². The normalized spacial score (nSPS) is 23.4. The molecule has 2 aromatic rings. The number of carbonyl (C=O) groups excluding carboxylic acids is 1. The fourth-order valence-electron chi connectivity index (χ4n) is 3.46. The van der Waals surface area contributed by atoms with E-state index in [4.69, 9.17) is 25.5 Å². The average Bonchev–Trinajstić information content (AvgIpc) is 3.14. The molecule has 1 N–H and O–H groups in total. The minimum Gasteiger partial charge on any atom is -0.451 e. The molecule has 1 atom stereocenters. The van der Waals surface area contributed by atoms with Gasteiger partial charge in [-0.2, -0.15) is 0 Å². The summed E-state index contributed by atoms with van der Waals surface area (Å²) in [6, 6.07) is 7.05. The van der Waals surface area contributed by atoms with Crippen molar-refractivity contribution >= 4 is 28.5 Å². The van der Waals surface area contributed by atoms with E-state index in [1.807, 2.05) is 0 Å². The first-order valence-electron chi connectivity index (χ1n) is 7.91. The third kappa shape index (κ3) is 2.96. The first-order chi connectivity index (χ1) is 11.1. The first-order valence-corrected chi connectivity index (χ1v) is 8.29. The monoisotopic (exact) mass is 335 g/mol. The highest BCUT2D eigenvalue weighted by atomic mass is 35.5. The van der Waals surface area contributed by atoms with Crippen LogP contribution in [0.1, 0.15) is 36.2 Å². The van der Waals surface area contributed by atoms with Gasteiger partial charge < -0.3 is 19.2 Å². The molecule has 1 saturated carbocycles. The van der Waals surface area contributed by atoms with E-state index in [0.717, 1.165) is 24.6 Å². The molecule has 1 amide bonds. The van der Waals surface area contributed by atoms with Gasteiger partial charge in [-0.15, -0.1) is 0 Å². The van der Waals surface area contributed by atoms with Gasteiger partial charge in [0.1, 0.15) is 5.58 Å². The standard InChI is InChI=1S/C17H18ClNO4/c18-12-3-4-14-11(8-12)9-15(23-14)16(20)19-13-2-1-5-17(10-13)21-6-7-22-17/h3-4,8-9,13H,1-2,5-7,10H2,(H,19,20). The van der Waals surface area contributed by atoms with Crippen LogP contribution >= 0.6 is 11.6 Å². The Bertz CT molecular complexity index is 735. The van der Waals surface area contributed by atoms with E-state index in [9.17, 15) is 4.79 Å². The van der Waals surface area contributed by atoms with Crippen LogP contribution in [0.15, 0.2) is 28.7 Å². The molecule has 6 heteroatoms. The lowest BCUT2D eigenvalue weighted by Crippen LogP contribution is -2.46. The van der Waals surface area contributed by atoms with Crippen LogP contribution in [-0.2, 0) is 9.47 Å². The van der Waals surface area contributed by atoms with E-state index in [-0.39, 0.29) is 11.9 Å². The van der Waals surface area contributed by atoms with Gasteiger partial charge in [-0.1, -0.05) is 11.6 Å². The highest BCUT2D eigenvalue weighted by molar-refractivity contribution is 6.31. The minimum atomic E-state index is -0.502. The first kappa shape index (κ1) is 15.0. The van der Waals surface area contributed by atoms with Gasteiger partial charge in [0.05, 0.1) is 13.2 Å². The van der Waals surface area contributed by atoms with Crippen molar-refractivity contribution in [1.29, 1.82) is 0 Å². The summed E-state index contributed by atoms with van der Waals surface area (Å²) < 4.78 is 17.1. The van der Waals surface area contributed by atoms with Gasteiger partial charge in [0.25, 0.3) is 5.91 Å². The minimum absolute atomic E-state index is 0.0335. The van der Waals surface area contributed by atoms with Gasteiger partial charge in [0, 0.05) is 29.3 Å². The maximum absolute atomic E-state index is 12.5. The zero-order valence-electron chi connectivity index (χ0n) is 12.6. The second-order valence-electron chi connectivity index (χ2n) is 6.17. The Morgan fingerprint density at radius 3 is 2.91 bits per heavy atom. The lowest BCUT2D eigenvalue weighted by molar-refractivity contribution is -0.181. The van der Waals surface area contributed by atoms with Crippen LogP contribution in [0.2, 0.25) is 5.02 Å².